The Morgan fingerprint density at radius 1 is 1.28 bits per heavy atom. The van der Waals surface area contributed by atoms with Crippen molar-refractivity contribution in [3.8, 4) is 0 Å². The smallest absolute Gasteiger partial charge is 0.225 e. The van der Waals surface area contributed by atoms with Crippen molar-refractivity contribution < 1.29 is 14.7 Å². The largest absolute Gasteiger partial charge is 0.392 e. The van der Waals surface area contributed by atoms with E-state index in [0.717, 1.165) is 0 Å². The van der Waals surface area contributed by atoms with E-state index in [0.29, 0.717) is 32.5 Å². The zero-order valence-corrected chi connectivity index (χ0v) is 11.5. The third kappa shape index (κ3) is 4.29. The monoisotopic (exact) mass is 256 g/mol. The van der Waals surface area contributed by atoms with Crippen molar-refractivity contribution >= 4 is 11.8 Å². The van der Waals surface area contributed by atoms with E-state index in [2.05, 4.69) is 5.32 Å². The van der Waals surface area contributed by atoms with E-state index >= 15 is 0 Å². The first-order chi connectivity index (χ1) is 8.41. The predicted molar refractivity (Wildman–Crippen MR) is 68.8 cm³/mol. The number of carbonyl (C=O) groups is 2. The quantitative estimate of drug-likeness (QED) is 0.764. The molecule has 0 aromatic carbocycles. The highest BCUT2D eigenvalue weighted by molar-refractivity contribution is 5.80. The second kappa shape index (κ2) is 6.73. The van der Waals surface area contributed by atoms with Crippen LogP contribution >= 0.6 is 0 Å². The van der Waals surface area contributed by atoms with Gasteiger partial charge in [-0.15, -0.1) is 0 Å². The standard InChI is InChI=1S/C13H24N2O3/c1-9(2)13(18)15-6-4-11(5-7-15)12(17)14-8-10(3)16/h9-11,16H,4-8H2,1-3H3,(H,14,17). The van der Waals surface area contributed by atoms with E-state index < -0.39 is 6.10 Å². The molecule has 1 saturated heterocycles. The minimum atomic E-state index is -0.517. The molecular weight excluding hydrogens is 232 g/mol. The van der Waals surface area contributed by atoms with Crippen molar-refractivity contribution in [1.82, 2.24) is 10.2 Å². The van der Waals surface area contributed by atoms with Crippen molar-refractivity contribution in [2.45, 2.75) is 39.7 Å². The molecule has 18 heavy (non-hydrogen) atoms. The van der Waals surface area contributed by atoms with Crippen LogP contribution < -0.4 is 5.32 Å². The van der Waals surface area contributed by atoms with Crippen LogP contribution in [-0.2, 0) is 9.59 Å². The maximum atomic E-state index is 11.8. The van der Waals surface area contributed by atoms with Gasteiger partial charge in [0.25, 0.3) is 0 Å². The molecule has 0 spiro atoms. The van der Waals surface area contributed by atoms with Crippen LogP contribution in [0.5, 0.6) is 0 Å². The Bertz CT molecular complexity index is 295. The number of nitrogens with zero attached hydrogens (tertiary/aromatic N) is 1. The van der Waals surface area contributed by atoms with E-state index in [-0.39, 0.29) is 23.7 Å². The molecule has 0 radical (unpaired) electrons. The normalized spacial score (nSPS) is 18.8. The zero-order chi connectivity index (χ0) is 13.7. The Hall–Kier alpha value is -1.10. The van der Waals surface area contributed by atoms with Crippen molar-refractivity contribution in [3.05, 3.63) is 0 Å². The van der Waals surface area contributed by atoms with Crippen molar-refractivity contribution in [3.63, 3.8) is 0 Å². The van der Waals surface area contributed by atoms with E-state index in [1.807, 2.05) is 18.7 Å². The summed E-state index contributed by atoms with van der Waals surface area (Å²) in [5.74, 6) is 0.149. The number of aliphatic hydroxyl groups is 1. The first kappa shape index (κ1) is 15.0. The number of likely N-dealkylation sites (tertiary alicyclic amines) is 1. The summed E-state index contributed by atoms with van der Waals surface area (Å²) in [6, 6.07) is 0. The van der Waals surface area contributed by atoms with Gasteiger partial charge in [0.1, 0.15) is 0 Å². The number of aliphatic hydroxyl groups excluding tert-OH is 1. The number of rotatable bonds is 4. The molecule has 1 fully saturated rings. The summed E-state index contributed by atoms with van der Waals surface area (Å²) in [7, 11) is 0. The molecule has 5 nitrogen and oxygen atoms in total. The number of hydrogen-bond donors (Lipinski definition) is 2. The first-order valence-corrected chi connectivity index (χ1v) is 6.66. The first-order valence-electron chi connectivity index (χ1n) is 6.66. The van der Waals surface area contributed by atoms with Gasteiger partial charge in [0.15, 0.2) is 0 Å². The fourth-order valence-corrected chi connectivity index (χ4v) is 2.12. The van der Waals surface area contributed by atoms with Crippen LogP contribution in [-0.4, -0.2) is 47.6 Å². The molecule has 2 N–H and O–H groups in total. The molecule has 0 saturated carbocycles. The fraction of sp³-hybridized carbons (Fsp3) is 0.846. The molecule has 1 heterocycles. The van der Waals surface area contributed by atoms with Gasteiger partial charge in [0.2, 0.25) is 11.8 Å². The molecule has 0 bridgehead atoms. The summed E-state index contributed by atoms with van der Waals surface area (Å²) in [5, 5.41) is 11.8. The lowest BCUT2D eigenvalue weighted by Crippen LogP contribution is -2.45. The van der Waals surface area contributed by atoms with Crippen LogP contribution in [0.25, 0.3) is 0 Å². The average Bonchev–Trinajstić information content (AvgIpc) is 2.35. The van der Waals surface area contributed by atoms with Crippen LogP contribution in [0.1, 0.15) is 33.6 Å². The summed E-state index contributed by atoms with van der Waals surface area (Å²) < 4.78 is 0. The third-order valence-electron chi connectivity index (χ3n) is 3.24. The molecule has 1 aliphatic heterocycles. The summed E-state index contributed by atoms with van der Waals surface area (Å²) in [6.07, 6.45) is 0.908. The zero-order valence-electron chi connectivity index (χ0n) is 11.5. The SMILES string of the molecule is CC(O)CNC(=O)C1CCN(C(=O)C(C)C)CC1. The number of hydrogen-bond acceptors (Lipinski definition) is 3. The Labute approximate surface area is 109 Å². The highest BCUT2D eigenvalue weighted by Crippen LogP contribution is 2.18. The number of amides is 2. The summed E-state index contributed by atoms with van der Waals surface area (Å²) in [4.78, 5) is 25.4. The number of nitrogens with one attached hydrogen (secondary N) is 1. The van der Waals surface area contributed by atoms with Gasteiger partial charge in [-0.05, 0) is 19.8 Å². The molecule has 5 heteroatoms. The van der Waals surface area contributed by atoms with Crippen molar-refractivity contribution in [1.29, 1.82) is 0 Å². The van der Waals surface area contributed by atoms with Crippen molar-refractivity contribution in [2.24, 2.45) is 11.8 Å². The number of carbonyl (C=O) groups excluding carboxylic acids is 2. The third-order valence-corrected chi connectivity index (χ3v) is 3.24. The van der Waals surface area contributed by atoms with Gasteiger partial charge in [0, 0.05) is 31.5 Å². The maximum absolute atomic E-state index is 11.8. The average molecular weight is 256 g/mol. The van der Waals surface area contributed by atoms with Gasteiger partial charge in [-0.2, -0.15) is 0 Å². The molecule has 1 atom stereocenters. The van der Waals surface area contributed by atoms with Gasteiger partial charge < -0.3 is 15.3 Å². The molecule has 104 valence electrons. The second-order valence-corrected chi connectivity index (χ2v) is 5.35. The van der Waals surface area contributed by atoms with Crippen LogP contribution in [0, 0.1) is 11.8 Å². The molecule has 0 aromatic rings. The lowest BCUT2D eigenvalue weighted by Gasteiger charge is -2.32. The van der Waals surface area contributed by atoms with E-state index in [4.69, 9.17) is 5.11 Å². The van der Waals surface area contributed by atoms with E-state index in [1.54, 1.807) is 6.92 Å². The van der Waals surface area contributed by atoms with E-state index in [9.17, 15) is 9.59 Å². The Balaban J connectivity index is 2.35. The van der Waals surface area contributed by atoms with Gasteiger partial charge >= 0.3 is 0 Å². The maximum Gasteiger partial charge on any atom is 0.225 e. The Morgan fingerprint density at radius 2 is 1.83 bits per heavy atom. The van der Waals surface area contributed by atoms with Crippen LogP contribution in [0.2, 0.25) is 0 Å². The lowest BCUT2D eigenvalue weighted by molar-refractivity contribution is -0.138. The summed E-state index contributed by atoms with van der Waals surface area (Å²) >= 11 is 0. The van der Waals surface area contributed by atoms with Crippen LogP contribution in [0.15, 0.2) is 0 Å². The van der Waals surface area contributed by atoms with Crippen LogP contribution in [0.3, 0.4) is 0 Å². The highest BCUT2D eigenvalue weighted by atomic mass is 16.3. The molecule has 2 amide bonds. The molecule has 1 unspecified atom stereocenters. The molecule has 1 aliphatic rings. The minimum absolute atomic E-state index is 0.00690. The van der Waals surface area contributed by atoms with Gasteiger partial charge in [-0.3, -0.25) is 9.59 Å². The Morgan fingerprint density at radius 3 is 2.28 bits per heavy atom. The topological polar surface area (TPSA) is 69.6 Å². The van der Waals surface area contributed by atoms with Gasteiger partial charge in [-0.25, -0.2) is 0 Å². The highest BCUT2D eigenvalue weighted by Gasteiger charge is 2.27. The molecule has 0 aliphatic carbocycles. The number of piperidine rings is 1. The molecular formula is C13H24N2O3. The van der Waals surface area contributed by atoms with E-state index in [1.165, 1.54) is 0 Å². The summed E-state index contributed by atoms with van der Waals surface area (Å²) in [6.45, 7) is 7.04. The lowest BCUT2D eigenvalue weighted by atomic mass is 9.95. The second-order valence-electron chi connectivity index (χ2n) is 5.35. The predicted octanol–water partition coefficient (Wildman–Crippen LogP) is 0.378. The Kier molecular flexibility index (Phi) is 5.59. The molecule has 1 rings (SSSR count). The fourth-order valence-electron chi connectivity index (χ4n) is 2.12. The molecule has 0 aromatic heterocycles. The van der Waals surface area contributed by atoms with Gasteiger partial charge in [-0.1, -0.05) is 13.8 Å². The van der Waals surface area contributed by atoms with Crippen LogP contribution in [0.4, 0.5) is 0 Å². The van der Waals surface area contributed by atoms with Crippen molar-refractivity contribution in [2.75, 3.05) is 19.6 Å². The minimum Gasteiger partial charge on any atom is -0.392 e. The van der Waals surface area contributed by atoms with Gasteiger partial charge in [0.05, 0.1) is 6.10 Å². The summed E-state index contributed by atoms with van der Waals surface area (Å²) in [5.41, 5.74) is 0.